The number of hydrogen-bond donors (Lipinski definition) is 1. The van der Waals surface area contributed by atoms with Crippen molar-refractivity contribution in [3.05, 3.63) is 0 Å². The number of aliphatic carboxylic acids is 1. The Hall–Kier alpha value is -1.18. The molecule has 2 atom stereocenters. The van der Waals surface area contributed by atoms with Gasteiger partial charge in [0.2, 0.25) is 5.91 Å². The van der Waals surface area contributed by atoms with Gasteiger partial charge in [-0.15, -0.1) is 0 Å². The molecule has 1 amide bonds. The molecule has 0 aliphatic carbocycles. The van der Waals surface area contributed by atoms with Gasteiger partial charge in [-0.25, -0.2) is 4.79 Å². The minimum atomic E-state index is -0.979. The zero-order valence-corrected chi connectivity index (χ0v) is 14.9. The van der Waals surface area contributed by atoms with E-state index in [1.54, 1.807) is 0 Å². The molecule has 7 nitrogen and oxygen atoms in total. The number of carbonyl (C=O) groups excluding carboxylic acids is 1. The van der Waals surface area contributed by atoms with Crippen molar-refractivity contribution in [2.75, 3.05) is 39.5 Å². The Labute approximate surface area is 144 Å². The van der Waals surface area contributed by atoms with E-state index in [0.717, 1.165) is 45.2 Å². The van der Waals surface area contributed by atoms with Crippen molar-refractivity contribution in [3.8, 4) is 0 Å². The summed E-state index contributed by atoms with van der Waals surface area (Å²) in [5, 5.41) is 8.56. The van der Waals surface area contributed by atoms with Crippen molar-refractivity contribution in [2.45, 2.75) is 58.2 Å². The maximum absolute atomic E-state index is 12.1. The minimum absolute atomic E-state index is 0.0239. The second-order valence-electron chi connectivity index (χ2n) is 6.12. The second kappa shape index (κ2) is 12.2. The van der Waals surface area contributed by atoms with Crippen LogP contribution in [0.2, 0.25) is 0 Å². The van der Waals surface area contributed by atoms with Crippen LogP contribution in [0, 0.1) is 0 Å². The molecular weight excluding hydrogens is 314 g/mol. The van der Waals surface area contributed by atoms with Crippen LogP contribution in [0.4, 0.5) is 0 Å². The summed E-state index contributed by atoms with van der Waals surface area (Å²) in [5.74, 6) is -0.955. The second-order valence-corrected chi connectivity index (χ2v) is 6.12. The summed E-state index contributed by atoms with van der Waals surface area (Å²) >= 11 is 0. The van der Waals surface area contributed by atoms with Crippen LogP contribution in [0.1, 0.15) is 46.0 Å². The van der Waals surface area contributed by atoms with E-state index in [1.807, 2.05) is 4.90 Å². The molecule has 0 aromatic heterocycles. The Bertz CT molecular complexity index is 370. The van der Waals surface area contributed by atoms with Gasteiger partial charge in [-0.3, -0.25) is 4.79 Å². The molecule has 1 rings (SSSR count). The van der Waals surface area contributed by atoms with Gasteiger partial charge in [0.15, 0.2) is 0 Å². The number of hydrogen-bond acceptors (Lipinski definition) is 5. The Balaban J connectivity index is 2.23. The van der Waals surface area contributed by atoms with Gasteiger partial charge in [0, 0.05) is 13.1 Å². The van der Waals surface area contributed by atoms with Crippen molar-refractivity contribution < 1.29 is 28.9 Å². The quantitative estimate of drug-likeness (QED) is 0.579. The Kier molecular flexibility index (Phi) is 10.6. The van der Waals surface area contributed by atoms with Gasteiger partial charge in [0.05, 0.1) is 25.4 Å². The minimum Gasteiger partial charge on any atom is -0.480 e. The summed E-state index contributed by atoms with van der Waals surface area (Å²) in [4.78, 5) is 24.4. The Morgan fingerprint density at radius 2 is 1.58 bits per heavy atom. The highest BCUT2D eigenvalue weighted by atomic mass is 16.6. The Morgan fingerprint density at radius 3 is 2.08 bits per heavy atom. The first-order valence-electron chi connectivity index (χ1n) is 8.87. The third-order valence-electron chi connectivity index (χ3n) is 3.84. The molecule has 140 valence electrons. The lowest BCUT2D eigenvalue weighted by molar-refractivity contribution is -0.148. The summed E-state index contributed by atoms with van der Waals surface area (Å²) < 4.78 is 16.5. The normalized spacial score (nSPS) is 20.8. The molecule has 1 N–H and O–H groups in total. The molecule has 24 heavy (non-hydrogen) atoms. The van der Waals surface area contributed by atoms with Gasteiger partial charge in [-0.1, -0.05) is 13.8 Å². The van der Waals surface area contributed by atoms with E-state index in [-0.39, 0.29) is 37.9 Å². The molecule has 0 spiro atoms. The van der Waals surface area contributed by atoms with Crippen molar-refractivity contribution in [3.63, 3.8) is 0 Å². The zero-order valence-electron chi connectivity index (χ0n) is 14.9. The van der Waals surface area contributed by atoms with Crippen LogP contribution in [-0.2, 0) is 23.8 Å². The van der Waals surface area contributed by atoms with Crippen molar-refractivity contribution in [1.82, 2.24) is 4.90 Å². The average Bonchev–Trinajstić information content (AvgIpc) is 2.54. The fourth-order valence-corrected chi connectivity index (χ4v) is 2.77. The molecule has 0 bridgehead atoms. The molecule has 1 aliphatic heterocycles. The molecular formula is C17H31NO6. The van der Waals surface area contributed by atoms with Crippen LogP contribution in [-0.4, -0.2) is 73.6 Å². The fourth-order valence-electron chi connectivity index (χ4n) is 2.77. The summed E-state index contributed by atoms with van der Waals surface area (Å²) in [6, 6.07) is 0. The van der Waals surface area contributed by atoms with Crippen molar-refractivity contribution in [2.24, 2.45) is 0 Å². The molecule has 0 aromatic rings. The molecule has 7 heteroatoms. The van der Waals surface area contributed by atoms with E-state index in [1.165, 1.54) is 0 Å². The average molecular weight is 345 g/mol. The van der Waals surface area contributed by atoms with Gasteiger partial charge in [0.25, 0.3) is 0 Å². The highest BCUT2D eigenvalue weighted by Crippen LogP contribution is 2.19. The van der Waals surface area contributed by atoms with Crippen molar-refractivity contribution in [1.29, 1.82) is 0 Å². The number of carboxylic acids is 1. The molecule has 1 saturated heterocycles. The van der Waals surface area contributed by atoms with Gasteiger partial charge in [0.1, 0.15) is 13.2 Å². The monoisotopic (exact) mass is 345 g/mol. The predicted molar refractivity (Wildman–Crippen MR) is 88.9 cm³/mol. The summed E-state index contributed by atoms with van der Waals surface area (Å²) in [6.45, 7) is 6.08. The first kappa shape index (κ1) is 20.9. The zero-order chi connectivity index (χ0) is 17.8. The standard InChI is InChI=1S/C17H31NO6/c1-3-8-18(9-4-2)16(19)12-22-10-14-6-5-7-15(24-14)11-23-13-17(20)21/h14-15H,3-13H2,1-2H3,(H,20,21). The molecule has 2 unspecified atom stereocenters. The summed E-state index contributed by atoms with van der Waals surface area (Å²) in [5.41, 5.74) is 0. The smallest absolute Gasteiger partial charge is 0.329 e. The number of carbonyl (C=O) groups is 2. The molecule has 1 fully saturated rings. The Morgan fingerprint density at radius 1 is 1.04 bits per heavy atom. The van der Waals surface area contributed by atoms with E-state index in [2.05, 4.69) is 13.8 Å². The van der Waals surface area contributed by atoms with Crippen LogP contribution in [0.3, 0.4) is 0 Å². The third-order valence-corrected chi connectivity index (χ3v) is 3.84. The summed E-state index contributed by atoms with van der Waals surface area (Å²) in [6.07, 6.45) is 4.45. The largest absolute Gasteiger partial charge is 0.480 e. The fraction of sp³-hybridized carbons (Fsp3) is 0.882. The van der Waals surface area contributed by atoms with E-state index in [4.69, 9.17) is 19.3 Å². The van der Waals surface area contributed by atoms with E-state index < -0.39 is 5.97 Å². The highest BCUT2D eigenvalue weighted by molar-refractivity contribution is 5.77. The van der Waals surface area contributed by atoms with Gasteiger partial charge >= 0.3 is 5.97 Å². The van der Waals surface area contributed by atoms with Gasteiger partial charge in [-0.05, 0) is 32.1 Å². The molecule has 1 heterocycles. The lowest BCUT2D eigenvalue weighted by atomic mass is 10.1. The molecule has 0 radical (unpaired) electrons. The number of ether oxygens (including phenoxy) is 3. The third kappa shape index (κ3) is 8.61. The predicted octanol–water partition coefficient (Wildman–Crippen LogP) is 1.69. The number of amides is 1. The van der Waals surface area contributed by atoms with Crippen molar-refractivity contribution >= 4 is 11.9 Å². The van der Waals surface area contributed by atoms with Crippen LogP contribution in [0.15, 0.2) is 0 Å². The number of carboxylic acid groups (broad SMARTS) is 1. The number of rotatable bonds is 12. The van der Waals surface area contributed by atoms with E-state index in [0.29, 0.717) is 6.61 Å². The van der Waals surface area contributed by atoms with Gasteiger partial charge < -0.3 is 24.2 Å². The van der Waals surface area contributed by atoms with Crippen LogP contribution < -0.4 is 0 Å². The molecule has 0 aromatic carbocycles. The maximum atomic E-state index is 12.1. The highest BCUT2D eigenvalue weighted by Gasteiger charge is 2.23. The van der Waals surface area contributed by atoms with Gasteiger partial charge in [-0.2, -0.15) is 0 Å². The maximum Gasteiger partial charge on any atom is 0.329 e. The number of nitrogens with zero attached hydrogens (tertiary/aromatic N) is 1. The van der Waals surface area contributed by atoms with Crippen LogP contribution in [0.5, 0.6) is 0 Å². The molecule has 1 aliphatic rings. The lowest BCUT2D eigenvalue weighted by Gasteiger charge is -2.30. The molecule has 0 saturated carbocycles. The van der Waals surface area contributed by atoms with Crippen LogP contribution >= 0.6 is 0 Å². The summed E-state index contributed by atoms with van der Waals surface area (Å²) in [7, 11) is 0. The van der Waals surface area contributed by atoms with E-state index in [9.17, 15) is 9.59 Å². The first-order chi connectivity index (χ1) is 11.6. The SMILES string of the molecule is CCCN(CCC)C(=O)COCC1CCCC(COCC(=O)O)O1. The topological polar surface area (TPSA) is 85.3 Å². The van der Waals surface area contributed by atoms with E-state index >= 15 is 0 Å². The lowest BCUT2D eigenvalue weighted by Crippen LogP contribution is -2.38. The van der Waals surface area contributed by atoms with Crippen LogP contribution in [0.25, 0.3) is 0 Å². The first-order valence-corrected chi connectivity index (χ1v) is 8.87.